The van der Waals surface area contributed by atoms with Gasteiger partial charge in [-0.25, -0.2) is 4.98 Å². The summed E-state index contributed by atoms with van der Waals surface area (Å²) in [5.74, 6) is -3.92. The Hall–Kier alpha value is -3.84. The maximum absolute atomic E-state index is 13.9. The quantitative estimate of drug-likeness (QED) is 0.429. The average molecular weight is 543 g/mol. The van der Waals surface area contributed by atoms with Crippen LogP contribution in [0.3, 0.4) is 0 Å². The molecule has 1 aliphatic rings. The lowest BCUT2D eigenvalue weighted by Crippen LogP contribution is -2.34. The molecule has 0 saturated heterocycles. The van der Waals surface area contributed by atoms with E-state index >= 15 is 0 Å². The highest BCUT2D eigenvalue weighted by molar-refractivity contribution is 5.95. The largest absolute Gasteiger partial charge is 0.497 e. The number of nitrogens with zero attached hydrogens (tertiary/aromatic N) is 4. The number of aromatic nitrogens is 3. The van der Waals surface area contributed by atoms with Crippen LogP contribution in [0.1, 0.15) is 59.1 Å². The zero-order valence-electron chi connectivity index (χ0n) is 20.1. The summed E-state index contributed by atoms with van der Waals surface area (Å²) in [6.07, 6.45) is -9.42. The van der Waals surface area contributed by atoms with E-state index in [2.05, 4.69) is 15.2 Å². The van der Waals surface area contributed by atoms with Gasteiger partial charge in [0.15, 0.2) is 5.69 Å². The molecule has 1 aromatic carbocycles. The van der Waals surface area contributed by atoms with Crippen LogP contribution < -0.4 is 10.5 Å². The van der Waals surface area contributed by atoms with E-state index in [1.807, 2.05) is 0 Å². The second kappa shape index (κ2) is 10.5. The first kappa shape index (κ1) is 27.2. The third kappa shape index (κ3) is 5.83. The molecule has 0 spiro atoms. The Morgan fingerprint density at radius 3 is 2.39 bits per heavy atom. The number of carbonyl (C=O) groups excluding carboxylic acids is 1. The van der Waals surface area contributed by atoms with Gasteiger partial charge in [0.05, 0.1) is 18.4 Å². The molecular formula is C24H23F6N5O3. The van der Waals surface area contributed by atoms with E-state index in [9.17, 15) is 31.1 Å². The predicted octanol–water partition coefficient (Wildman–Crippen LogP) is 5.60. The van der Waals surface area contributed by atoms with Gasteiger partial charge in [-0.15, -0.1) is 10.2 Å². The fourth-order valence-corrected chi connectivity index (χ4v) is 4.16. The number of amides is 1. The number of methoxy groups -OCH3 is 1. The van der Waals surface area contributed by atoms with E-state index in [0.717, 1.165) is 0 Å². The van der Waals surface area contributed by atoms with Crippen LogP contribution in [0.25, 0.3) is 11.6 Å². The summed E-state index contributed by atoms with van der Waals surface area (Å²) in [5, 5.41) is 7.01. The lowest BCUT2D eigenvalue weighted by atomic mass is 10.00. The summed E-state index contributed by atoms with van der Waals surface area (Å²) in [4.78, 5) is 18.5. The molecule has 4 bridgehead atoms. The van der Waals surface area contributed by atoms with Crippen LogP contribution in [0.2, 0.25) is 0 Å². The molecule has 0 fully saturated rings. The van der Waals surface area contributed by atoms with Crippen molar-refractivity contribution < 1.29 is 40.3 Å². The third-order valence-electron chi connectivity index (χ3n) is 6.14. The van der Waals surface area contributed by atoms with Crippen LogP contribution in [0.4, 0.5) is 32.0 Å². The second-order valence-corrected chi connectivity index (χ2v) is 8.78. The van der Waals surface area contributed by atoms with E-state index < -0.39 is 58.6 Å². The highest BCUT2D eigenvalue weighted by Crippen LogP contribution is 2.40. The molecule has 1 amide bonds. The summed E-state index contributed by atoms with van der Waals surface area (Å²) in [5.41, 5.74) is 2.92. The number of rotatable bonds is 3. The minimum absolute atomic E-state index is 0.0153. The first-order valence-electron chi connectivity index (χ1n) is 11.6. The van der Waals surface area contributed by atoms with Crippen LogP contribution in [-0.2, 0) is 12.7 Å². The number of hydrogen-bond donors (Lipinski definition) is 1. The summed E-state index contributed by atoms with van der Waals surface area (Å²) in [6, 6.07) is 7.07. The SMILES string of the molecule is COc1ccc(CN2CCCCCC(C(F)(F)F)c3nnc(o3)-c3nc(c(C(F)(F)F)cc3N)C2=O)cc1. The lowest BCUT2D eigenvalue weighted by molar-refractivity contribution is -0.156. The zero-order valence-corrected chi connectivity index (χ0v) is 20.1. The molecule has 4 rings (SSSR count). The third-order valence-corrected chi connectivity index (χ3v) is 6.14. The highest BCUT2D eigenvalue weighted by atomic mass is 19.4. The molecular weight excluding hydrogens is 520 g/mol. The predicted molar refractivity (Wildman–Crippen MR) is 122 cm³/mol. The van der Waals surface area contributed by atoms with E-state index in [1.165, 1.54) is 12.0 Å². The number of halogens is 6. The van der Waals surface area contributed by atoms with E-state index in [4.69, 9.17) is 14.9 Å². The maximum atomic E-state index is 13.9. The Morgan fingerprint density at radius 2 is 1.76 bits per heavy atom. The maximum Gasteiger partial charge on any atom is 0.418 e. The Balaban J connectivity index is 1.82. The second-order valence-electron chi connectivity index (χ2n) is 8.78. The van der Waals surface area contributed by atoms with Gasteiger partial charge in [-0.05, 0) is 36.6 Å². The molecule has 204 valence electrons. The van der Waals surface area contributed by atoms with Crippen molar-refractivity contribution >= 4 is 11.6 Å². The van der Waals surface area contributed by atoms with Crippen molar-refractivity contribution in [3.8, 4) is 17.3 Å². The number of benzene rings is 1. The topological polar surface area (TPSA) is 107 Å². The minimum atomic E-state index is -5.00. The fourth-order valence-electron chi connectivity index (χ4n) is 4.16. The molecule has 3 aromatic rings. The number of ether oxygens (including phenoxy) is 1. The Morgan fingerprint density at radius 1 is 1.05 bits per heavy atom. The van der Waals surface area contributed by atoms with Crippen molar-refractivity contribution in [3.05, 3.63) is 53.0 Å². The highest BCUT2D eigenvalue weighted by Gasteiger charge is 2.44. The number of pyridine rings is 1. The van der Waals surface area contributed by atoms with Gasteiger partial charge in [0.2, 0.25) is 5.89 Å². The molecule has 0 aliphatic carbocycles. The first-order valence-corrected chi connectivity index (χ1v) is 11.6. The van der Waals surface area contributed by atoms with Crippen LogP contribution in [-0.4, -0.2) is 45.8 Å². The van der Waals surface area contributed by atoms with E-state index in [0.29, 0.717) is 17.4 Å². The number of carbonyl (C=O) groups is 1. The lowest BCUT2D eigenvalue weighted by Gasteiger charge is -2.25. The van der Waals surface area contributed by atoms with Crippen LogP contribution in [0, 0.1) is 0 Å². The number of nitrogens with two attached hydrogens (primary N) is 1. The molecule has 2 aromatic heterocycles. The Bertz CT molecular complexity index is 1290. The normalized spacial score (nSPS) is 17.3. The molecule has 0 radical (unpaired) electrons. The van der Waals surface area contributed by atoms with Crippen molar-refractivity contribution in [2.75, 3.05) is 19.4 Å². The van der Waals surface area contributed by atoms with Gasteiger partial charge in [0, 0.05) is 13.1 Å². The van der Waals surface area contributed by atoms with Crippen LogP contribution >= 0.6 is 0 Å². The molecule has 1 unspecified atom stereocenters. The molecule has 1 atom stereocenters. The summed E-state index contributed by atoms with van der Waals surface area (Å²) >= 11 is 0. The summed E-state index contributed by atoms with van der Waals surface area (Å²) in [6.45, 7) is -0.0873. The minimum Gasteiger partial charge on any atom is -0.497 e. The number of anilines is 1. The van der Waals surface area contributed by atoms with Crippen molar-refractivity contribution in [2.24, 2.45) is 0 Å². The number of hydrogen-bond acceptors (Lipinski definition) is 7. The van der Waals surface area contributed by atoms with Gasteiger partial charge in [-0.3, -0.25) is 4.79 Å². The van der Waals surface area contributed by atoms with Crippen molar-refractivity contribution in [1.82, 2.24) is 20.1 Å². The molecule has 0 saturated carbocycles. The average Bonchev–Trinajstić information content (AvgIpc) is 3.32. The first-order chi connectivity index (χ1) is 17.9. The smallest absolute Gasteiger partial charge is 0.418 e. The van der Waals surface area contributed by atoms with Gasteiger partial charge in [0.1, 0.15) is 17.4 Å². The Labute approximate surface area is 212 Å². The van der Waals surface area contributed by atoms with Gasteiger partial charge in [-0.1, -0.05) is 25.0 Å². The van der Waals surface area contributed by atoms with Crippen molar-refractivity contribution in [3.63, 3.8) is 0 Å². The standard InChI is InChI=1S/C24H23F6N5O3/c1-37-14-8-6-13(7-9-14)12-35-10-4-2-3-5-15(23(25,26)27)20-33-34-21(38-20)19-17(31)11-16(24(28,29)30)18(32-19)22(35)36/h6-9,11,15H,2-5,10,12,31H2,1H3. The number of alkyl halides is 6. The van der Waals surface area contributed by atoms with Crippen molar-refractivity contribution in [2.45, 2.75) is 50.5 Å². The molecule has 2 N–H and O–H groups in total. The molecule has 1 aliphatic heterocycles. The van der Waals surface area contributed by atoms with Gasteiger partial charge < -0.3 is 19.8 Å². The Kier molecular flexibility index (Phi) is 7.51. The van der Waals surface area contributed by atoms with Crippen LogP contribution in [0.15, 0.2) is 34.7 Å². The van der Waals surface area contributed by atoms with Gasteiger partial charge >= 0.3 is 12.4 Å². The fraction of sp³-hybridized carbons (Fsp3) is 0.417. The van der Waals surface area contributed by atoms with E-state index in [1.54, 1.807) is 24.3 Å². The van der Waals surface area contributed by atoms with Gasteiger partial charge in [-0.2, -0.15) is 26.3 Å². The molecule has 38 heavy (non-hydrogen) atoms. The molecule has 14 heteroatoms. The monoisotopic (exact) mass is 543 g/mol. The summed E-state index contributed by atoms with van der Waals surface area (Å²) < 4.78 is 93.3. The summed E-state index contributed by atoms with van der Waals surface area (Å²) in [7, 11) is 1.47. The molecule has 8 nitrogen and oxygen atoms in total. The zero-order chi connectivity index (χ0) is 27.7. The molecule has 3 heterocycles. The van der Waals surface area contributed by atoms with Crippen LogP contribution in [0.5, 0.6) is 5.75 Å². The number of fused-ring (bicyclic) bond motifs is 5. The van der Waals surface area contributed by atoms with Crippen molar-refractivity contribution in [1.29, 1.82) is 0 Å². The number of nitrogen functional groups attached to an aromatic ring is 1. The van der Waals surface area contributed by atoms with Gasteiger partial charge in [0.25, 0.3) is 11.8 Å². The van der Waals surface area contributed by atoms with E-state index in [-0.39, 0.29) is 38.8 Å².